The van der Waals surface area contributed by atoms with E-state index in [0.717, 1.165) is 11.4 Å². The molecule has 1 aromatic rings. The van der Waals surface area contributed by atoms with E-state index in [1.807, 2.05) is 0 Å². The number of rotatable bonds is 2. The van der Waals surface area contributed by atoms with Crippen molar-refractivity contribution in [2.24, 2.45) is 40.6 Å². The fourth-order valence-electron chi connectivity index (χ4n) is 4.73. The normalized spacial score (nSPS) is 40.0. The summed E-state index contributed by atoms with van der Waals surface area (Å²) in [7, 11) is 0. The molecule has 0 aromatic heterocycles. The van der Waals surface area contributed by atoms with Crippen LogP contribution in [0.25, 0.3) is 0 Å². The first-order chi connectivity index (χ1) is 11.1. The number of benzene rings is 1. The summed E-state index contributed by atoms with van der Waals surface area (Å²) in [6.07, 6.45) is 6.87. The highest BCUT2D eigenvalue weighted by Crippen LogP contribution is 2.65. The van der Waals surface area contributed by atoms with Crippen LogP contribution in [-0.4, -0.2) is 23.0 Å². The molecule has 4 aliphatic carbocycles. The van der Waals surface area contributed by atoms with Crippen molar-refractivity contribution < 1.29 is 14.0 Å². The van der Waals surface area contributed by atoms with E-state index in [2.05, 4.69) is 17.3 Å². The predicted molar refractivity (Wildman–Crippen MR) is 80.5 cm³/mol. The highest BCUT2D eigenvalue weighted by molar-refractivity contribution is 6.06. The molecule has 1 aliphatic heterocycles. The van der Waals surface area contributed by atoms with E-state index in [-0.39, 0.29) is 41.3 Å². The number of hydrazone groups is 1. The lowest BCUT2D eigenvalue weighted by Crippen LogP contribution is -2.40. The number of hydrogen-bond acceptors (Lipinski definition) is 3. The first kappa shape index (κ1) is 13.2. The molecule has 2 saturated carbocycles. The molecule has 1 heterocycles. The van der Waals surface area contributed by atoms with Crippen LogP contribution >= 0.6 is 0 Å². The van der Waals surface area contributed by atoms with E-state index in [1.165, 1.54) is 18.3 Å². The summed E-state index contributed by atoms with van der Waals surface area (Å²) in [4.78, 5) is 25.4. The fraction of sp³-hybridized carbons (Fsp3) is 0.389. The van der Waals surface area contributed by atoms with E-state index in [0.29, 0.717) is 17.4 Å². The molecule has 6 rings (SSSR count). The van der Waals surface area contributed by atoms with Gasteiger partial charge in [-0.15, -0.1) is 0 Å². The Morgan fingerprint density at radius 3 is 2.13 bits per heavy atom. The molecule has 0 unspecified atom stereocenters. The van der Waals surface area contributed by atoms with Gasteiger partial charge < -0.3 is 0 Å². The third-order valence-corrected chi connectivity index (χ3v) is 5.83. The zero-order chi connectivity index (χ0) is 15.7. The van der Waals surface area contributed by atoms with Gasteiger partial charge in [-0.3, -0.25) is 9.59 Å². The average molecular weight is 310 g/mol. The number of carbonyl (C=O) groups excluding carboxylic acids is 2. The van der Waals surface area contributed by atoms with E-state index in [1.54, 1.807) is 12.1 Å². The molecule has 1 saturated heterocycles. The fourth-order valence-corrected chi connectivity index (χ4v) is 4.73. The second kappa shape index (κ2) is 4.37. The third-order valence-electron chi connectivity index (χ3n) is 5.83. The number of hydrogen-bond donors (Lipinski definition) is 0. The van der Waals surface area contributed by atoms with Gasteiger partial charge in [-0.05, 0) is 47.8 Å². The third kappa shape index (κ3) is 1.73. The zero-order valence-corrected chi connectivity index (χ0v) is 12.3. The topological polar surface area (TPSA) is 49.7 Å². The van der Waals surface area contributed by atoms with Crippen LogP contribution in [0.2, 0.25) is 0 Å². The minimum Gasteiger partial charge on any atom is -0.272 e. The van der Waals surface area contributed by atoms with Crippen LogP contribution in [0.1, 0.15) is 12.0 Å². The van der Waals surface area contributed by atoms with Crippen LogP contribution < -0.4 is 0 Å². The number of nitrogens with zero attached hydrogens (tertiary/aromatic N) is 2. The van der Waals surface area contributed by atoms with E-state index >= 15 is 0 Å². The summed E-state index contributed by atoms with van der Waals surface area (Å²) in [5, 5.41) is 5.14. The van der Waals surface area contributed by atoms with Crippen molar-refractivity contribution in [1.82, 2.24) is 5.01 Å². The van der Waals surface area contributed by atoms with Gasteiger partial charge in [0.15, 0.2) is 0 Å². The van der Waals surface area contributed by atoms with Crippen LogP contribution in [0.4, 0.5) is 4.39 Å². The molecule has 1 aromatic carbocycles. The van der Waals surface area contributed by atoms with Gasteiger partial charge in [0.05, 0.1) is 18.1 Å². The van der Waals surface area contributed by atoms with Crippen LogP contribution in [0.3, 0.4) is 0 Å². The maximum atomic E-state index is 12.9. The number of amides is 2. The van der Waals surface area contributed by atoms with E-state index in [4.69, 9.17) is 0 Å². The van der Waals surface area contributed by atoms with Gasteiger partial charge in [0.25, 0.3) is 11.8 Å². The molecule has 5 heteroatoms. The summed E-state index contributed by atoms with van der Waals surface area (Å²) in [5.74, 6) is 0.440. The Bertz CT molecular complexity index is 734. The molecule has 2 bridgehead atoms. The number of halogens is 1. The lowest BCUT2D eigenvalue weighted by atomic mass is 9.63. The molecule has 2 amide bonds. The summed E-state index contributed by atoms with van der Waals surface area (Å²) in [5.41, 5.74) is 0.658. The Balaban J connectivity index is 1.44. The van der Waals surface area contributed by atoms with Crippen molar-refractivity contribution in [3.05, 3.63) is 47.8 Å². The predicted octanol–water partition coefficient (Wildman–Crippen LogP) is 2.21. The van der Waals surface area contributed by atoms with Crippen molar-refractivity contribution in [1.29, 1.82) is 0 Å². The Morgan fingerprint density at radius 1 is 1.00 bits per heavy atom. The van der Waals surface area contributed by atoms with Gasteiger partial charge in [0.1, 0.15) is 5.82 Å². The lowest BCUT2D eigenvalue weighted by Gasteiger charge is -2.37. The standard InChI is InChI=1S/C18H15FN2O2/c19-10-3-1-9(2-4-10)8-20-21-17(22)15-11-5-6-12(14-7-13(11)14)16(15)18(21)23/h1-6,8,11-16H,7H2/t11-,12-,13-,14-,15+,16+/m0/s1. The summed E-state index contributed by atoms with van der Waals surface area (Å²) >= 11 is 0. The Labute approximate surface area is 132 Å². The number of allylic oxidation sites excluding steroid dienone is 2. The number of imide groups is 1. The molecular weight excluding hydrogens is 295 g/mol. The van der Waals surface area contributed by atoms with E-state index in [9.17, 15) is 14.0 Å². The van der Waals surface area contributed by atoms with Gasteiger partial charge in [-0.25, -0.2) is 4.39 Å². The maximum Gasteiger partial charge on any atom is 0.254 e. The molecule has 116 valence electrons. The summed E-state index contributed by atoms with van der Waals surface area (Å²) in [6, 6.07) is 5.79. The van der Waals surface area contributed by atoms with Gasteiger partial charge in [0, 0.05) is 0 Å². The summed E-state index contributed by atoms with van der Waals surface area (Å²) < 4.78 is 12.9. The first-order valence-corrected chi connectivity index (χ1v) is 8.01. The van der Waals surface area contributed by atoms with Gasteiger partial charge in [0.2, 0.25) is 0 Å². The monoisotopic (exact) mass is 310 g/mol. The van der Waals surface area contributed by atoms with Gasteiger partial charge >= 0.3 is 0 Å². The lowest BCUT2D eigenvalue weighted by molar-refractivity contribution is -0.140. The van der Waals surface area contributed by atoms with Crippen LogP contribution in [0.5, 0.6) is 0 Å². The zero-order valence-electron chi connectivity index (χ0n) is 12.3. The van der Waals surface area contributed by atoms with Crippen molar-refractivity contribution in [2.45, 2.75) is 6.42 Å². The quantitative estimate of drug-likeness (QED) is 0.478. The van der Waals surface area contributed by atoms with Crippen molar-refractivity contribution in [2.75, 3.05) is 0 Å². The minimum atomic E-state index is -0.330. The molecule has 23 heavy (non-hydrogen) atoms. The molecular formula is C18H15FN2O2. The highest BCUT2D eigenvalue weighted by atomic mass is 19.1. The first-order valence-electron chi connectivity index (χ1n) is 8.01. The minimum absolute atomic E-state index is 0.178. The second-order valence-corrected chi connectivity index (χ2v) is 6.94. The van der Waals surface area contributed by atoms with Crippen LogP contribution in [-0.2, 0) is 9.59 Å². The second-order valence-electron chi connectivity index (χ2n) is 6.94. The van der Waals surface area contributed by atoms with Crippen molar-refractivity contribution >= 4 is 18.0 Å². The Morgan fingerprint density at radius 2 is 1.57 bits per heavy atom. The average Bonchev–Trinajstić information content (AvgIpc) is 3.33. The van der Waals surface area contributed by atoms with Crippen molar-refractivity contribution in [3.63, 3.8) is 0 Å². The van der Waals surface area contributed by atoms with Crippen LogP contribution in [0, 0.1) is 41.3 Å². The number of carbonyl (C=O) groups is 2. The van der Waals surface area contributed by atoms with Crippen LogP contribution in [0.15, 0.2) is 41.5 Å². The molecule has 0 N–H and O–H groups in total. The molecule has 0 radical (unpaired) electrons. The molecule has 3 fully saturated rings. The Kier molecular flexibility index (Phi) is 2.50. The largest absolute Gasteiger partial charge is 0.272 e. The van der Waals surface area contributed by atoms with Gasteiger partial charge in [-0.2, -0.15) is 10.1 Å². The molecule has 6 atom stereocenters. The smallest absolute Gasteiger partial charge is 0.254 e. The van der Waals surface area contributed by atoms with E-state index < -0.39 is 0 Å². The summed E-state index contributed by atoms with van der Waals surface area (Å²) in [6.45, 7) is 0. The van der Waals surface area contributed by atoms with Gasteiger partial charge in [-0.1, -0.05) is 24.3 Å². The molecule has 5 aliphatic rings. The molecule has 4 nitrogen and oxygen atoms in total. The van der Waals surface area contributed by atoms with Crippen molar-refractivity contribution in [3.8, 4) is 0 Å². The SMILES string of the molecule is O=C1[C@@H]2[C@H]3C=C[C@@H]([C@@H]4C[C@@H]34)[C@H]2C(=O)N1N=Cc1ccc(F)cc1. The Hall–Kier alpha value is -2.30. The molecule has 0 spiro atoms. The highest BCUT2D eigenvalue weighted by Gasteiger charge is 2.67. The maximum absolute atomic E-state index is 12.9.